The van der Waals surface area contributed by atoms with E-state index in [-0.39, 0.29) is 31.0 Å². The molecule has 0 aliphatic carbocycles. The molecule has 2 aromatic carbocycles. The van der Waals surface area contributed by atoms with Crippen molar-refractivity contribution in [3.63, 3.8) is 0 Å². The Kier molecular flexibility index (Phi) is 9.46. The van der Waals surface area contributed by atoms with Crippen LogP contribution < -0.4 is 14.8 Å². The Hall–Kier alpha value is -2.44. The van der Waals surface area contributed by atoms with Crippen LogP contribution >= 0.6 is 23.2 Å². The monoisotopic (exact) mass is 466 g/mol. The first-order valence-corrected chi connectivity index (χ1v) is 10.8. The SMILES string of the molecule is CC[C@@H](C(=O)NC(C)C)N(Cc1c(Cl)cccc1Cl)C(=O)COc1ccc(OC)cc1. The van der Waals surface area contributed by atoms with Crippen LogP contribution in [0.5, 0.6) is 11.5 Å². The standard InChI is InChI=1S/C23H28Cl2N2O4/c1-5-21(23(29)26-15(2)3)27(13-18-19(24)7-6-8-20(18)25)22(28)14-31-17-11-9-16(30-4)10-12-17/h6-12,15,21H,5,13-14H2,1-4H3,(H,26,29)/t21-/m0/s1. The first kappa shape index (κ1) is 24.8. The second kappa shape index (κ2) is 11.8. The van der Waals surface area contributed by atoms with E-state index in [1.165, 1.54) is 4.90 Å². The largest absolute Gasteiger partial charge is 0.497 e. The van der Waals surface area contributed by atoms with E-state index in [4.69, 9.17) is 32.7 Å². The molecule has 2 amide bonds. The number of amides is 2. The minimum Gasteiger partial charge on any atom is -0.497 e. The number of hydrogen-bond donors (Lipinski definition) is 1. The fourth-order valence-corrected chi connectivity index (χ4v) is 3.57. The molecule has 1 N–H and O–H groups in total. The van der Waals surface area contributed by atoms with Crippen molar-refractivity contribution in [2.24, 2.45) is 0 Å². The lowest BCUT2D eigenvalue weighted by molar-refractivity contribution is -0.143. The summed E-state index contributed by atoms with van der Waals surface area (Å²) in [6.45, 7) is 5.44. The van der Waals surface area contributed by atoms with E-state index in [0.717, 1.165) is 0 Å². The molecule has 0 aliphatic heterocycles. The first-order valence-electron chi connectivity index (χ1n) is 10.1. The summed E-state index contributed by atoms with van der Waals surface area (Å²) in [4.78, 5) is 27.4. The third-order valence-corrected chi connectivity index (χ3v) is 5.34. The fraction of sp³-hybridized carbons (Fsp3) is 0.391. The van der Waals surface area contributed by atoms with Crippen LogP contribution in [0, 0.1) is 0 Å². The summed E-state index contributed by atoms with van der Waals surface area (Å²) >= 11 is 12.7. The molecule has 1 atom stereocenters. The van der Waals surface area contributed by atoms with Crippen molar-refractivity contribution >= 4 is 35.0 Å². The Morgan fingerprint density at radius 2 is 1.61 bits per heavy atom. The second-order valence-electron chi connectivity index (χ2n) is 7.27. The quantitative estimate of drug-likeness (QED) is 0.550. The number of ether oxygens (including phenoxy) is 2. The van der Waals surface area contributed by atoms with E-state index >= 15 is 0 Å². The van der Waals surface area contributed by atoms with Gasteiger partial charge < -0.3 is 19.7 Å². The average molecular weight is 467 g/mol. The van der Waals surface area contributed by atoms with Gasteiger partial charge in [-0.25, -0.2) is 0 Å². The maximum atomic E-state index is 13.2. The summed E-state index contributed by atoms with van der Waals surface area (Å²) in [7, 11) is 1.57. The van der Waals surface area contributed by atoms with Gasteiger partial charge in [0, 0.05) is 28.2 Å². The molecule has 168 valence electrons. The zero-order valence-corrected chi connectivity index (χ0v) is 19.7. The number of benzene rings is 2. The van der Waals surface area contributed by atoms with Gasteiger partial charge in [-0.05, 0) is 56.7 Å². The highest BCUT2D eigenvalue weighted by Crippen LogP contribution is 2.27. The van der Waals surface area contributed by atoms with Gasteiger partial charge in [-0.3, -0.25) is 9.59 Å². The number of halogens is 2. The van der Waals surface area contributed by atoms with Crippen LogP contribution in [0.15, 0.2) is 42.5 Å². The molecule has 2 rings (SSSR count). The highest BCUT2D eigenvalue weighted by molar-refractivity contribution is 6.36. The lowest BCUT2D eigenvalue weighted by atomic mass is 10.1. The molecule has 0 bridgehead atoms. The highest BCUT2D eigenvalue weighted by Gasteiger charge is 2.30. The van der Waals surface area contributed by atoms with Gasteiger partial charge in [0.1, 0.15) is 17.5 Å². The lowest BCUT2D eigenvalue weighted by Gasteiger charge is -2.31. The Bertz CT molecular complexity index is 867. The smallest absolute Gasteiger partial charge is 0.261 e. The minimum absolute atomic E-state index is 0.0575. The number of rotatable bonds is 10. The van der Waals surface area contributed by atoms with Crippen LogP contribution in [0.4, 0.5) is 0 Å². The third-order valence-electron chi connectivity index (χ3n) is 4.63. The van der Waals surface area contributed by atoms with Gasteiger partial charge in [0.15, 0.2) is 6.61 Å². The van der Waals surface area contributed by atoms with Crippen LogP contribution in [0.2, 0.25) is 10.0 Å². The Morgan fingerprint density at radius 3 is 2.13 bits per heavy atom. The lowest BCUT2D eigenvalue weighted by Crippen LogP contribution is -2.51. The topological polar surface area (TPSA) is 67.9 Å². The molecule has 0 unspecified atom stereocenters. The maximum Gasteiger partial charge on any atom is 0.261 e. The number of methoxy groups -OCH3 is 1. The molecule has 0 heterocycles. The predicted molar refractivity (Wildman–Crippen MR) is 123 cm³/mol. The summed E-state index contributed by atoms with van der Waals surface area (Å²) in [6.07, 6.45) is 0.425. The van der Waals surface area contributed by atoms with E-state index in [2.05, 4.69) is 5.32 Å². The van der Waals surface area contributed by atoms with Crippen LogP contribution in [0.3, 0.4) is 0 Å². The van der Waals surface area contributed by atoms with E-state index in [9.17, 15) is 9.59 Å². The van der Waals surface area contributed by atoms with Gasteiger partial charge in [0.05, 0.1) is 7.11 Å². The van der Waals surface area contributed by atoms with Crippen LogP contribution in [0.1, 0.15) is 32.8 Å². The van der Waals surface area contributed by atoms with Crippen molar-refractivity contribution in [1.82, 2.24) is 10.2 Å². The van der Waals surface area contributed by atoms with Crippen molar-refractivity contribution in [2.75, 3.05) is 13.7 Å². The molecule has 0 radical (unpaired) electrons. The van der Waals surface area contributed by atoms with Gasteiger partial charge >= 0.3 is 0 Å². The summed E-state index contributed by atoms with van der Waals surface area (Å²) in [6, 6.07) is 11.3. The Labute approximate surface area is 193 Å². The normalized spacial score (nSPS) is 11.7. The summed E-state index contributed by atoms with van der Waals surface area (Å²) < 4.78 is 10.8. The summed E-state index contributed by atoms with van der Waals surface area (Å²) in [5.74, 6) is 0.616. The number of carbonyl (C=O) groups excluding carboxylic acids is 2. The van der Waals surface area contributed by atoms with Crippen molar-refractivity contribution in [3.05, 3.63) is 58.1 Å². The molecule has 2 aromatic rings. The number of hydrogen-bond acceptors (Lipinski definition) is 4. The second-order valence-corrected chi connectivity index (χ2v) is 8.09. The highest BCUT2D eigenvalue weighted by atomic mass is 35.5. The minimum atomic E-state index is -0.693. The Morgan fingerprint density at radius 1 is 1.03 bits per heavy atom. The summed E-state index contributed by atoms with van der Waals surface area (Å²) in [5.41, 5.74) is 0.583. The fourth-order valence-electron chi connectivity index (χ4n) is 3.05. The molecular weight excluding hydrogens is 439 g/mol. The van der Waals surface area contributed by atoms with Crippen LogP contribution in [0.25, 0.3) is 0 Å². The molecule has 0 saturated heterocycles. The maximum absolute atomic E-state index is 13.2. The zero-order valence-electron chi connectivity index (χ0n) is 18.2. The van der Waals surface area contributed by atoms with Crippen molar-refractivity contribution in [2.45, 2.75) is 45.8 Å². The van der Waals surface area contributed by atoms with Crippen molar-refractivity contribution in [1.29, 1.82) is 0 Å². The third kappa shape index (κ3) is 7.04. The molecule has 31 heavy (non-hydrogen) atoms. The first-order chi connectivity index (χ1) is 14.8. The van der Waals surface area contributed by atoms with Gasteiger partial charge in [-0.1, -0.05) is 36.2 Å². The van der Waals surface area contributed by atoms with Gasteiger partial charge in [0.2, 0.25) is 5.91 Å². The van der Waals surface area contributed by atoms with Crippen LogP contribution in [-0.4, -0.2) is 42.5 Å². The van der Waals surface area contributed by atoms with Crippen molar-refractivity contribution in [3.8, 4) is 11.5 Å². The Balaban J connectivity index is 2.25. The van der Waals surface area contributed by atoms with Gasteiger partial charge in [0.25, 0.3) is 5.91 Å². The number of nitrogens with zero attached hydrogens (tertiary/aromatic N) is 1. The molecule has 0 fully saturated rings. The van der Waals surface area contributed by atoms with Gasteiger partial charge in [-0.2, -0.15) is 0 Å². The number of nitrogens with one attached hydrogen (secondary N) is 1. The van der Waals surface area contributed by atoms with E-state index < -0.39 is 6.04 Å². The predicted octanol–water partition coefficient (Wildman–Crippen LogP) is 4.71. The summed E-state index contributed by atoms with van der Waals surface area (Å²) in [5, 5.41) is 3.74. The molecule has 0 aromatic heterocycles. The average Bonchev–Trinajstić information content (AvgIpc) is 2.73. The molecule has 6 nitrogen and oxygen atoms in total. The number of carbonyl (C=O) groups is 2. The zero-order chi connectivity index (χ0) is 23.0. The molecule has 0 aliphatic rings. The molecule has 8 heteroatoms. The van der Waals surface area contributed by atoms with E-state index in [0.29, 0.717) is 33.5 Å². The molecule has 0 spiro atoms. The van der Waals surface area contributed by atoms with E-state index in [1.807, 2.05) is 20.8 Å². The van der Waals surface area contributed by atoms with Gasteiger partial charge in [-0.15, -0.1) is 0 Å². The van der Waals surface area contributed by atoms with Crippen LogP contribution in [-0.2, 0) is 16.1 Å². The van der Waals surface area contributed by atoms with Crippen molar-refractivity contribution < 1.29 is 19.1 Å². The molecular formula is C23H28Cl2N2O4. The molecule has 0 saturated carbocycles. The van der Waals surface area contributed by atoms with E-state index in [1.54, 1.807) is 49.6 Å².